The van der Waals surface area contributed by atoms with Crippen LogP contribution in [0.3, 0.4) is 0 Å². The minimum atomic E-state index is -0.274. The van der Waals surface area contributed by atoms with Crippen molar-refractivity contribution in [2.45, 2.75) is 33.6 Å². The third-order valence-electron chi connectivity index (χ3n) is 2.41. The van der Waals surface area contributed by atoms with E-state index in [0.717, 1.165) is 24.2 Å². The minimum Gasteiger partial charge on any atom is -0.493 e. The van der Waals surface area contributed by atoms with Crippen LogP contribution in [-0.2, 0) is 11.2 Å². The van der Waals surface area contributed by atoms with E-state index in [9.17, 15) is 4.79 Å². The molecule has 0 fully saturated rings. The summed E-state index contributed by atoms with van der Waals surface area (Å²) in [5.74, 6) is 0.589. The van der Waals surface area contributed by atoms with E-state index in [4.69, 9.17) is 9.47 Å². The van der Waals surface area contributed by atoms with Gasteiger partial charge in [-0.25, -0.2) is 4.79 Å². The molecule has 3 heteroatoms. The molecule has 0 radical (unpaired) electrons. The van der Waals surface area contributed by atoms with Gasteiger partial charge in [-0.15, -0.1) is 0 Å². The van der Waals surface area contributed by atoms with Crippen molar-refractivity contribution in [1.82, 2.24) is 0 Å². The first kappa shape index (κ1) is 13.6. The summed E-state index contributed by atoms with van der Waals surface area (Å²) >= 11 is 0. The van der Waals surface area contributed by atoms with Crippen molar-refractivity contribution in [3.05, 3.63) is 29.3 Å². The third-order valence-corrected chi connectivity index (χ3v) is 2.41. The van der Waals surface area contributed by atoms with E-state index >= 15 is 0 Å². The highest BCUT2D eigenvalue weighted by molar-refractivity contribution is 5.89. The fraction of sp³-hybridized carbons (Fsp3) is 0.500. The van der Waals surface area contributed by atoms with Gasteiger partial charge in [0, 0.05) is 0 Å². The van der Waals surface area contributed by atoms with Crippen LogP contribution >= 0.6 is 0 Å². The predicted octanol–water partition coefficient (Wildman–Crippen LogP) is 3.21. The van der Waals surface area contributed by atoms with Crippen LogP contribution in [0.2, 0.25) is 0 Å². The summed E-state index contributed by atoms with van der Waals surface area (Å²) in [6.07, 6.45) is 1.81. The van der Waals surface area contributed by atoms with Gasteiger partial charge in [0.15, 0.2) is 0 Å². The Morgan fingerprint density at radius 2 is 2.00 bits per heavy atom. The lowest BCUT2D eigenvalue weighted by atomic mass is 10.1. The Hall–Kier alpha value is -1.51. The van der Waals surface area contributed by atoms with E-state index < -0.39 is 0 Å². The molecule has 0 spiro atoms. The Balaban J connectivity index is 2.87. The zero-order valence-corrected chi connectivity index (χ0v) is 10.8. The summed E-state index contributed by atoms with van der Waals surface area (Å²) in [5.41, 5.74) is 1.64. The van der Waals surface area contributed by atoms with Gasteiger partial charge in [0.1, 0.15) is 5.75 Å². The molecule has 0 aromatic heterocycles. The first-order valence-electron chi connectivity index (χ1n) is 6.15. The van der Waals surface area contributed by atoms with Crippen molar-refractivity contribution in [1.29, 1.82) is 0 Å². The molecule has 1 aromatic carbocycles. The molecule has 1 aromatic rings. The van der Waals surface area contributed by atoms with Crippen molar-refractivity contribution in [3.63, 3.8) is 0 Å². The highest BCUT2D eigenvalue weighted by Crippen LogP contribution is 2.21. The molecule has 0 N–H and O–H groups in total. The van der Waals surface area contributed by atoms with Crippen LogP contribution in [0.4, 0.5) is 0 Å². The highest BCUT2D eigenvalue weighted by Gasteiger charge is 2.10. The Morgan fingerprint density at radius 1 is 1.24 bits per heavy atom. The summed E-state index contributed by atoms with van der Waals surface area (Å²) < 4.78 is 10.6. The van der Waals surface area contributed by atoms with Crippen molar-refractivity contribution >= 4 is 5.97 Å². The van der Waals surface area contributed by atoms with Crippen LogP contribution in [0.5, 0.6) is 5.75 Å². The molecule has 94 valence electrons. The van der Waals surface area contributed by atoms with Gasteiger partial charge in [0.05, 0.1) is 18.8 Å². The number of esters is 1. The topological polar surface area (TPSA) is 35.5 Å². The number of carbonyl (C=O) groups excluding carboxylic acids is 1. The average Bonchev–Trinajstić information content (AvgIpc) is 2.36. The largest absolute Gasteiger partial charge is 0.493 e. The monoisotopic (exact) mass is 236 g/mol. The van der Waals surface area contributed by atoms with Crippen molar-refractivity contribution in [2.24, 2.45) is 0 Å². The molecule has 0 heterocycles. The van der Waals surface area contributed by atoms with Crippen molar-refractivity contribution in [2.75, 3.05) is 13.2 Å². The van der Waals surface area contributed by atoms with Gasteiger partial charge in [-0.3, -0.25) is 0 Å². The summed E-state index contributed by atoms with van der Waals surface area (Å²) in [6.45, 7) is 7.01. The molecule has 0 atom stereocenters. The maximum atomic E-state index is 11.6. The summed E-state index contributed by atoms with van der Waals surface area (Å²) in [4.78, 5) is 11.6. The smallest absolute Gasteiger partial charge is 0.338 e. The third kappa shape index (κ3) is 3.77. The molecule has 0 amide bonds. The number of hydrogen-bond acceptors (Lipinski definition) is 3. The number of benzene rings is 1. The predicted molar refractivity (Wildman–Crippen MR) is 67.6 cm³/mol. The molecule has 0 saturated carbocycles. The molecular weight excluding hydrogens is 216 g/mol. The lowest BCUT2D eigenvalue weighted by Crippen LogP contribution is -2.06. The molecule has 0 aliphatic carbocycles. The molecule has 0 aliphatic rings. The van der Waals surface area contributed by atoms with Gasteiger partial charge < -0.3 is 9.47 Å². The molecule has 17 heavy (non-hydrogen) atoms. The first-order valence-corrected chi connectivity index (χ1v) is 6.15. The highest BCUT2D eigenvalue weighted by atomic mass is 16.5. The van der Waals surface area contributed by atoms with E-state index in [1.165, 1.54) is 0 Å². The lowest BCUT2D eigenvalue weighted by Gasteiger charge is -2.11. The van der Waals surface area contributed by atoms with Crippen LogP contribution in [0.1, 0.15) is 43.1 Å². The number of ether oxygens (including phenoxy) is 2. The van der Waals surface area contributed by atoms with Crippen LogP contribution in [-0.4, -0.2) is 19.2 Å². The molecule has 0 bridgehead atoms. The fourth-order valence-electron chi connectivity index (χ4n) is 1.55. The minimum absolute atomic E-state index is 0.274. The SMILES string of the molecule is CCCOc1ccc(C(=O)OCC)cc1CC. The van der Waals surface area contributed by atoms with Crippen molar-refractivity contribution in [3.8, 4) is 5.75 Å². The Kier molecular flexibility index (Phi) is 5.53. The lowest BCUT2D eigenvalue weighted by molar-refractivity contribution is 0.0526. The van der Waals surface area contributed by atoms with Crippen LogP contribution in [0.25, 0.3) is 0 Å². The normalized spacial score (nSPS) is 10.1. The first-order chi connectivity index (χ1) is 8.22. The van der Waals surface area contributed by atoms with E-state index in [1.807, 2.05) is 19.1 Å². The van der Waals surface area contributed by atoms with Gasteiger partial charge in [0.25, 0.3) is 0 Å². The van der Waals surface area contributed by atoms with Crippen LogP contribution in [0, 0.1) is 0 Å². The number of hydrogen-bond donors (Lipinski definition) is 0. The molecular formula is C14H20O3. The van der Waals surface area contributed by atoms with Gasteiger partial charge >= 0.3 is 5.97 Å². The van der Waals surface area contributed by atoms with E-state index in [-0.39, 0.29) is 5.97 Å². The second kappa shape index (κ2) is 6.94. The van der Waals surface area contributed by atoms with Gasteiger partial charge in [-0.05, 0) is 43.5 Å². The molecule has 0 unspecified atom stereocenters. The Labute approximate surface area is 103 Å². The zero-order valence-electron chi connectivity index (χ0n) is 10.8. The Morgan fingerprint density at radius 3 is 2.59 bits per heavy atom. The van der Waals surface area contributed by atoms with Gasteiger partial charge in [-0.2, -0.15) is 0 Å². The summed E-state index contributed by atoms with van der Waals surface area (Å²) in [7, 11) is 0. The van der Waals surface area contributed by atoms with E-state index in [2.05, 4.69) is 6.92 Å². The van der Waals surface area contributed by atoms with Crippen LogP contribution < -0.4 is 4.74 Å². The number of carbonyl (C=O) groups is 1. The number of rotatable bonds is 6. The van der Waals surface area contributed by atoms with E-state index in [0.29, 0.717) is 18.8 Å². The van der Waals surface area contributed by atoms with E-state index in [1.54, 1.807) is 13.0 Å². The van der Waals surface area contributed by atoms with Gasteiger partial charge in [0.2, 0.25) is 0 Å². The molecule has 1 rings (SSSR count). The molecule has 0 saturated heterocycles. The fourth-order valence-corrected chi connectivity index (χ4v) is 1.55. The van der Waals surface area contributed by atoms with Gasteiger partial charge in [-0.1, -0.05) is 13.8 Å². The average molecular weight is 236 g/mol. The maximum Gasteiger partial charge on any atom is 0.338 e. The number of aryl methyl sites for hydroxylation is 1. The van der Waals surface area contributed by atoms with Crippen LogP contribution in [0.15, 0.2) is 18.2 Å². The Bertz CT molecular complexity index is 372. The standard InChI is InChI=1S/C14H20O3/c1-4-9-17-13-8-7-12(10-11(13)5-2)14(15)16-6-3/h7-8,10H,4-6,9H2,1-3H3. The quantitative estimate of drug-likeness (QED) is 0.711. The zero-order chi connectivity index (χ0) is 12.7. The summed E-state index contributed by atoms with van der Waals surface area (Å²) in [6, 6.07) is 5.45. The molecule has 3 nitrogen and oxygen atoms in total. The summed E-state index contributed by atoms with van der Waals surface area (Å²) in [5, 5.41) is 0. The maximum absolute atomic E-state index is 11.6. The second-order valence-corrected chi connectivity index (χ2v) is 3.74. The van der Waals surface area contributed by atoms with Crippen molar-refractivity contribution < 1.29 is 14.3 Å². The molecule has 0 aliphatic heterocycles. The second-order valence-electron chi connectivity index (χ2n) is 3.74.